The Balaban J connectivity index is 2.30. The van der Waals surface area contributed by atoms with E-state index in [0.717, 1.165) is 22.9 Å². The van der Waals surface area contributed by atoms with Crippen molar-refractivity contribution in [1.29, 1.82) is 5.26 Å². The monoisotopic (exact) mass is 367 g/mol. The van der Waals surface area contributed by atoms with Crippen molar-refractivity contribution in [1.82, 2.24) is 4.98 Å². The van der Waals surface area contributed by atoms with E-state index < -0.39 is 5.92 Å². The van der Waals surface area contributed by atoms with Crippen LogP contribution in [0, 0.1) is 11.3 Å². The van der Waals surface area contributed by atoms with Crippen molar-refractivity contribution in [2.24, 2.45) is 5.73 Å². The fourth-order valence-corrected chi connectivity index (χ4v) is 3.54. The standard InChI is InChI=1S/C20H18ClN3O2/c1-4-12-5-6-16-13(7-12)8-14(19(21)24-16)18-15(9-22)20(23)26-11(3)17(18)10(2)25/h5-8,18H,4,23H2,1-3H3. The molecule has 0 fully saturated rings. The van der Waals surface area contributed by atoms with E-state index in [4.69, 9.17) is 22.1 Å². The molecule has 0 radical (unpaired) electrons. The van der Waals surface area contributed by atoms with Gasteiger partial charge in [0.15, 0.2) is 5.78 Å². The van der Waals surface area contributed by atoms with Gasteiger partial charge in [0.2, 0.25) is 5.88 Å². The molecular formula is C20H18ClN3O2. The second-order valence-electron chi connectivity index (χ2n) is 6.20. The highest BCUT2D eigenvalue weighted by Gasteiger charge is 2.35. The molecule has 0 saturated heterocycles. The number of aryl methyl sites for hydroxylation is 1. The average molecular weight is 368 g/mol. The normalized spacial score (nSPS) is 17.3. The summed E-state index contributed by atoms with van der Waals surface area (Å²) >= 11 is 6.44. The molecule has 1 aliphatic rings. The number of hydrogen-bond donors (Lipinski definition) is 1. The van der Waals surface area contributed by atoms with Gasteiger partial charge in [-0.3, -0.25) is 4.79 Å². The first-order valence-corrected chi connectivity index (χ1v) is 8.63. The molecule has 5 nitrogen and oxygen atoms in total. The zero-order valence-electron chi connectivity index (χ0n) is 14.8. The number of fused-ring (bicyclic) bond motifs is 1. The summed E-state index contributed by atoms with van der Waals surface area (Å²) in [5.41, 5.74) is 8.92. The van der Waals surface area contributed by atoms with Gasteiger partial charge in [-0.05, 0) is 44.0 Å². The van der Waals surface area contributed by atoms with Crippen LogP contribution < -0.4 is 5.73 Å². The van der Waals surface area contributed by atoms with Crippen molar-refractivity contribution >= 4 is 28.3 Å². The molecule has 6 heteroatoms. The predicted octanol–water partition coefficient (Wildman–Crippen LogP) is 4.12. The van der Waals surface area contributed by atoms with Gasteiger partial charge in [0.25, 0.3) is 0 Å². The molecule has 2 aromatic rings. The van der Waals surface area contributed by atoms with Gasteiger partial charge >= 0.3 is 0 Å². The van der Waals surface area contributed by atoms with Crippen molar-refractivity contribution in [3.05, 3.63) is 63.3 Å². The highest BCUT2D eigenvalue weighted by molar-refractivity contribution is 6.30. The van der Waals surface area contributed by atoms with Crippen LogP contribution in [-0.2, 0) is 16.0 Å². The zero-order valence-corrected chi connectivity index (χ0v) is 15.5. The lowest BCUT2D eigenvalue weighted by atomic mass is 9.82. The quantitative estimate of drug-likeness (QED) is 0.824. The van der Waals surface area contributed by atoms with Crippen molar-refractivity contribution in [3.63, 3.8) is 0 Å². The Labute approximate surface area is 156 Å². The summed E-state index contributed by atoms with van der Waals surface area (Å²) in [6, 6.07) is 9.89. The van der Waals surface area contributed by atoms with Crippen LogP contribution in [0.15, 0.2) is 47.1 Å². The first-order valence-electron chi connectivity index (χ1n) is 8.25. The molecule has 0 spiro atoms. The third-order valence-corrected chi connectivity index (χ3v) is 4.87. The Morgan fingerprint density at radius 1 is 1.42 bits per heavy atom. The molecular weight excluding hydrogens is 350 g/mol. The molecule has 0 bridgehead atoms. The van der Waals surface area contributed by atoms with Crippen molar-refractivity contribution < 1.29 is 9.53 Å². The number of nitriles is 1. The largest absolute Gasteiger partial charge is 0.445 e. The number of nitrogens with two attached hydrogens (primary N) is 1. The minimum Gasteiger partial charge on any atom is -0.445 e. The number of carbonyl (C=O) groups excluding carboxylic acids is 1. The molecule has 0 aliphatic carbocycles. The molecule has 26 heavy (non-hydrogen) atoms. The lowest BCUT2D eigenvalue weighted by Crippen LogP contribution is -2.23. The Morgan fingerprint density at radius 3 is 2.77 bits per heavy atom. The molecule has 1 aromatic heterocycles. The van der Waals surface area contributed by atoms with E-state index in [1.807, 2.05) is 24.3 Å². The highest BCUT2D eigenvalue weighted by Crippen LogP contribution is 2.42. The van der Waals surface area contributed by atoms with Crippen molar-refractivity contribution in [3.8, 4) is 6.07 Å². The number of hydrogen-bond acceptors (Lipinski definition) is 5. The SMILES string of the molecule is CCc1ccc2nc(Cl)c(C3C(C#N)=C(N)OC(C)=C3C(C)=O)cc2c1. The maximum Gasteiger partial charge on any atom is 0.205 e. The van der Waals surface area contributed by atoms with E-state index >= 15 is 0 Å². The second kappa shape index (κ2) is 6.81. The number of benzene rings is 1. The van der Waals surface area contributed by atoms with E-state index in [0.29, 0.717) is 16.9 Å². The van der Waals surface area contributed by atoms with E-state index in [1.54, 1.807) is 6.92 Å². The summed E-state index contributed by atoms with van der Waals surface area (Å²) < 4.78 is 5.41. The molecule has 3 rings (SSSR count). The predicted molar refractivity (Wildman–Crippen MR) is 100 cm³/mol. The number of carbonyl (C=O) groups is 1. The first-order chi connectivity index (χ1) is 12.4. The number of ketones is 1. The Kier molecular flexibility index (Phi) is 4.71. The summed E-state index contributed by atoms with van der Waals surface area (Å²) in [5.74, 6) is -0.539. The summed E-state index contributed by atoms with van der Waals surface area (Å²) in [6.07, 6.45) is 0.888. The van der Waals surface area contributed by atoms with Gasteiger partial charge in [0.05, 0.1) is 11.4 Å². The van der Waals surface area contributed by atoms with Gasteiger partial charge < -0.3 is 10.5 Å². The molecule has 2 N–H and O–H groups in total. The molecule has 2 heterocycles. The maximum absolute atomic E-state index is 12.3. The molecule has 1 atom stereocenters. The van der Waals surface area contributed by atoms with Gasteiger partial charge in [-0.1, -0.05) is 24.6 Å². The van der Waals surface area contributed by atoms with Gasteiger partial charge in [0, 0.05) is 16.5 Å². The zero-order chi connectivity index (χ0) is 19.0. The first kappa shape index (κ1) is 18.0. The third-order valence-electron chi connectivity index (χ3n) is 4.56. The lowest BCUT2D eigenvalue weighted by molar-refractivity contribution is -0.114. The lowest BCUT2D eigenvalue weighted by Gasteiger charge is -2.27. The number of ether oxygens (including phenoxy) is 1. The van der Waals surface area contributed by atoms with Crippen LogP contribution >= 0.6 is 11.6 Å². The van der Waals surface area contributed by atoms with Crippen LogP contribution in [0.1, 0.15) is 37.8 Å². The van der Waals surface area contributed by atoms with Crippen LogP contribution in [0.25, 0.3) is 10.9 Å². The molecule has 1 aromatic carbocycles. The average Bonchev–Trinajstić information content (AvgIpc) is 2.59. The van der Waals surface area contributed by atoms with E-state index in [9.17, 15) is 10.1 Å². The molecule has 132 valence electrons. The molecule has 0 saturated carbocycles. The van der Waals surface area contributed by atoms with Crippen LogP contribution in [0.2, 0.25) is 5.15 Å². The minimum absolute atomic E-state index is 0.0153. The van der Waals surface area contributed by atoms with Gasteiger partial charge in [0.1, 0.15) is 22.6 Å². The third kappa shape index (κ3) is 2.93. The number of Topliss-reactive ketones (excluding diaryl/α,β-unsaturated/α-hetero) is 1. The van der Waals surface area contributed by atoms with Crippen LogP contribution in [-0.4, -0.2) is 10.8 Å². The fraction of sp³-hybridized carbons (Fsp3) is 0.250. The number of pyridine rings is 1. The number of allylic oxidation sites excluding steroid dienone is 3. The number of halogens is 1. The number of aromatic nitrogens is 1. The summed E-state index contributed by atoms with van der Waals surface area (Å²) in [4.78, 5) is 16.7. The number of nitrogens with zero attached hydrogens (tertiary/aromatic N) is 2. The highest BCUT2D eigenvalue weighted by atomic mass is 35.5. The Morgan fingerprint density at radius 2 is 2.15 bits per heavy atom. The summed E-state index contributed by atoms with van der Waals surface area (Å²) in [5, 5.41) is 10.7. The second-order valence-corrected chi connectivity index (χ2v) is 6.56. The van der Waals surface area contributed by atoms with Crippen LogP contribution in [0.3, 0.4) is 0 Å². The molecule has 1 aliphatic heterocycles. The van der Waals surface area contributed by atoms with Crippen molar-refractivity contribution in [2.45, 2.75) is 33.1 Å². The van der Waals surface area contributed by atoms with Gasteiger partial charge in [-0.2, -0.15) is 5.26 Å². The maximum atomic E-state index is 12.3. The van der Waals surface area contributed by atoms with Gasteiger partial charge in [-0.15, -0.1) is 0 Å². The van der Waals surface area contributed by atoms with E-state index in [-0.39, 0.29) is 22.4 Å². The topological polar surface area (TPSA) is 89.0 Å². The van der Waals surface area contributed by atoms with Gasteiger partial charge in [-0.25, -0.2) is 4.98 Å². The molecule has 1 unspecified atom stereocenters. The van der Waals surface area contributed by atoms with E-state index in [1.165, 1.54) is 6.92 Å². The Bertz CT molecular complexity index is 1030. The summed E-state index contributed by atoms with van der Waals surface area (Å²) in [7, 11) is 0. The van der Waals surface area contributed by atoms with Crippen LogP contribution in [0.5, 0.6) is 0 Å². The fourth-order valence-electron chi connectivity index (χ4n) is 3.29. The number of rotatable bonds is 3. The Hall–Kier alpha value is -2.84. The summed E-state index contributed by atoms with van der Waals surface area (Å²) in [6.45, 7) is 5.16. The molecule has 0 amide bonds. The van der Waals surface area contributed by atoms with E-state index in [2.05, 4.69) is 18.0 Å². The smallest absolute Gasteiger partial charge is 0.205 e. The van der Waals surface area contributed by atoms with Crippen LogP contribution in [0.4, 0.5) is 0 Å². The minimum atomic E-state index is -0.694. The van der Waals surface area contributed by atoms with Crippen molar-refractivity contribution in [2.75, 3.05) is 0 Å².